The Morgan fingerprint density at radius 2 is 1.26 bits per heavy atom. The Bertz CT molecular complexity index is 1060. The number of aromatic nitrogens is 4. The molecule has 2 aromatic heterocycles. The van der Waals surface area contributed by atoms with E-state index in [1.165, 1.54) is 36.7 Å². The molecular weight excluding hydrogens is 546 g/mol. The average Bonchev–Trinajstić information content (AvgIpc) is 3.45. The van der Waals surface area contributed by atoms with Crippen molar-refractivity contribution in [2.45, 2.75) is 57.6 Å². The van der Waals surface area contributed by atoms with Gasteiger partial charge in [-0.2, -0.15) is 0 Å². The van der Waals surface area contributed by atoms with Gasteiger partial charge >= 0.3 is 10.00 Å². The van der Waals surface area contributed by atoms with Gasteiger partial charge in [-0.05, 0) is 35.4 Å². The van der Waals surface area contributed by atoms with Crippen LogP contribution in [0.3, 0.4) is 0 Å². The van der Waals surface area contributed by atoms with Gasteiger partial charge < -0.3 is 14.7 Å². The van der Waals surface area contributed by atoms with Gasteiger partial charge in [0.25, 0.3) is 0 Å². The molecule has 0 spiro atoms. The molecule has 4 rings (SSSR count). The average molecular weight is 566 g/mol. The van der Waals surface area contributed by atoms with Gasteiger partial charge in [-0.25, -0.2) is 9.97 Å². The minimum Gasteiger partial charge on any atom is -0.363 e. The molecule has 2 aliphatic carbocycles. The molecule has 0 aliphatic heterocycles. The van der Waals surface area contributed by atoms with E-state index in [4.69, 9.17) is 51.1 Å². The summed E-state index contributed by atoms with van der Waals surface area (Å²) >= 11 is 26.5. The first-order valence-corrected chi connectivity index (χ1v) is 11.9. The summed E-state index contributed by atoms with van der Waals surface area (Å²) in [6.45, 7) is 0. The van der Waals surface area contributed by atoms with Crippen LogP contribution in [0, 0.1) is 20.2 Å². The van der Waals surface area contributed by atoms with E-state index in [2.05, 4.69) is 19.9 Å². The summed E-state index contributed by atoms with van der Waals surface area (Å²) in [7, 11) is 0. The molecule has 2 aromatic rings. The lowest BCUT2D eigenvalue weighted by atomic mass is 9.82. The number of hydrogen-bond donors (Lipinski definition) is 2. The molecule has 0 amide bonds. The Hall–Kier alpha value is -2.18. The Balaban J connectivity index is 1.69. The second-order valence-corrected chi connectivity index (χ2v) is 11.5. The van der Waals surface area contributed by atoms with Crippen LogP contribution < -0.4 is 0 Å². The van der Waals surface area contributed by atoms with Gasteiger partial charge in [0.05, 0.1) is 34.8 Å². The molecule has 2 heterocycles. The van der Waals surface area contributed by atoms with Crippen LogP contribution in [-0.4, -0.2) is 61.7 Å². The van der Waals surface area contributed by atoms with E-state index in [0.717, 1.165) is 0 Å². The number of hydrogen-bond acceptors (Lipinski definition) is 7. The number of alkyl halides is 4. The standard InChI is InChI=1S/C20H20Cl4N6O5/c21-17(9-15-25-5-6-26-15)11-19(23,29(31)32)3-1-13(17)35-14-2-4-20(24,30(33)34)12-18(14,22)10-16-27-7-8-28-16/h1-8,13-14H,9-12H2,(H,25,26)(H,27,28). The molecule has 35 heavy (non-hydrogen) atoms. The first-order chi connectivity index (χ1) is 16.4. The fourth-order valence-corrected chi connectivity index (χ4v) is 6.04. The highest BCUT2D eigenvalue weighted by Gasteiger charge is 2.58. The number of aromatic amines is 2. The molecule has 0 saturated heterocycles. The second-order valence-electron chi connectivity index (χ2n) is 8.70. The summed E-state index contributed by atoms with van der Waals surface area (Å²) < 4.78 is 6.32. The molecule has 0 aromatic carbocycles. The van der Waals surface area contributed by atoms with E-state index in [1.807, 2.05) is 0 Å². The van der Waals surface area contributed by atoms with Crippen LogP contribution in [0.5, 0.6) is 0 Å². The number of imidazole rings is 2. The lowest BCUT2D eigenvalue weighted by molar-refractivity contribution is -0.531. The minimum absolute atomic E-state index is 0.0666. The van der Waals surface area contributed by atoms with E-state index in [0.29, 0.717) is 11.6 Å². The molecule has 6 atom stereocenters. The molecule has 2 aliphatic rings. The zero-order valence-corrected chi connectivity index (χ0v) is 21.0. The third-order valence-corrected chi connectivity index (χ3v) is 7.85. The van der Waals surface area contributed by atoms with Gasteiger partial charge in [0, 0.05) is 59.6 Å². The van der Waals surface area contributed by atoms with Crippen LogP contribution in [0.1, 0.15) is 24.5 Å². The minimum atomic E-state index is -1.94. The molecule has 0 bridgehead atoms. The van der Waals surface area contributed by atoms with Crippen LogP contribution >= 0.6 is 46.4 Å². The zero-order valence-electron chi connectivity index (χ0n) is 17.9. The molecule has 15 heteroatoms. The maximum atomic E-state index is 11.7. The molecular formula is C20H20Cl4N6O5. The largest absolute Gasteiger partial charge is 0.363 e. The van der Waals surface area contributed by atoms with Crippen LogP contribution in [0.4, 0.5) is 0 Å². The lowest BCUT2D eigenvalue weighted by Gasteiger charge is -2.44. The van der Waals surface area contributed by atoms with E-state index in [1.54, 1.807) is 12.4 Å². The van der Waals surface area contributed by atoms with Crippen molar-refractivity contribution in [2.24, 2.45) is 0 Å². The monoisotopic (exact) mass is 564 g/mol. The van der Waals surface area contributed by atoms with Crippen molar-refractivity contribution in [3.63, 3.8) is 0 Å². The fourth-order valence-electron chi connectivity index (χ4n) is 4.37. The van der Waals surface area contributed by atoms with Crippen LogP contribution in [0.2, 0.25) is 0 Å². The normalized spacial score (nSPS) is 36.8. The summed E-state index contributed by atoms with van der Waals surface area (Å²) in [5.41, 5.74) is 0. The highest BCUT2D eigenvalue weighted by atomic mass is 35.5. The van der Waals surface area contributed by atoms with Crippen LogP contribution in [0.25, 0.3) is 0 Å². The van der Waals surface area contributed by atoms with E-state index in [-0.39, 0.29) is 25.7 Å². The number of nitrogens with zero attached hydrogens (tertiary/aromatic N) is 4. The highest BCUT2D eigenvalue weighted by Crippen LogP contribution is 2.47. The van der Waals surface area contributed by atoms with E-state index < -0.39 is 41.8 Å². The number of nitrogens with one attached hydrogen (secondary N) is 2. The summed E-state index contributed by atoms with van der Waals surface area (Å²) in [6.07, 6.45) is 9.28. The van der Waals surface area contributed by atoms with Gasteiger partial charge in [0.2, 0.25) is 0 Å². The molecule has 6 unspecified atom stereocenters. The zero-order chi connectivity index (χ0) is 25.5. The Morgan fingerprint density at radius 1 is 0.857 bits per heavy atom. The Morgan fingerprint density at radius 3 is 1.57 bits per heavy atom. The first-order valence-electron chi connectivity index (χ1n) is 10.4. The number of ether oxygens (including phenoxy) is 1. The number of halogens is 4. The van der Waals surface area contributed by atoms with Gasteiger partial charge in [0.15, 0.2) is 0 Å². The summed E-state index contributed by atoms with van der Waals surface area (Å²) in [5.74, 6) is 0.956. The van der Waals surface area contributed by atoms with Crippen molar-refractivity contribution in [1.29, 1.82) is 0 Å². The first kappa shape index (κ1) is 25.9. The van der Waals surface area contributed by atoms with Crippen molar-refractivity contribution >= 4 is 46.4 Å². The molecule has 2 N–H and O–H groups in total. The van der Waals surface area contributed by atoms with Crippen molar-refractivity contribution < 1.29 is 14.6 Å². The third kappa shape index (κ3) is 5.19. The third-order valence-electron chi connectivity index (χ3n) is 6.09. The predicted molar refractivity (Wildman–Crippen MR) is 129 cm³/mol. The maximum absolute atomic E-state index is 11.7. The number of nitro groups is 2. The Kier molecular flexibility index (Phi) is 6.93. The van der Waals surface area contributed by atoms with Crippen LogP contribution in [-0.2, 0) is 17.6 Å². The summed E-state index contributed by atoms with van der Waals surface area (Å²) in [4.78, 5) is 29.6. The van der Waals surface area contributed by atoms with Gasteiger partial charge in [-0.15, -0.1) is 23.2 Å². The van der Waals surface area contributed by atoms with E-state index in [9.17, 15) is 20.2 Å². The fraction of sp³-hybridized carbons (Fsp3) is 0.500. The van der Waals surface area contributed by atoms with Crippen molar-refractivity contribution in [3.05, 3.63) is 81.0 Å². The quantitative estimate of drug-likeness (QED) is 0.161. The van der Waals surface area contributed by atoms with Gasteiger partial charge in [-0.3, -0.25) is 20.2 Å². The molecule has 11 nitrogen and oxygen atoms in total. The second kappa shape index (κ2) is 9.36. The molecule has 0 fully saturated rings. The highest BCUT2D eigenvalue weighted by molar-refractivity contribution is 6.29. The predicted octanol–water partition coefficient (Wildman–Crippen LogP) is 3.97. The van der Waals surface area contributed by atoms with E-state index >= 15 is 0 Å². The van der Waals surface area contributed by atoms with Crippen LogP contribution in [0.15, 0.2) is 49.1 Å². The van der Waals surface area contributed by atoms with Crippen molar-refractivity contribution in [2.75, 3.05) is 0 Å². The van der Waals surface area contributed by atoms with Crippen molar-refractivity contribution in [3.8, 4) is 0 Å². The molecule has 0 radical (unpaired) electrons. The van der Waals surface area contributed by atoms with Crippen molar-refractivity contribution in [1.82, 2.24) is 19.9 Å². The number of rotatable bonds is 8. The number of H-pyrrole nitrogens is 2. The maximum Gasteiger partial charge on any atom is 0.315 e. The SMILES string of the molecule is O=[N+]([O-])C1(Cl)C=CC(OC2C=CC(Cl)([N+](=O)[O-])CC2(Cl)Cc2ncc[nH]2)C(Cl)(Cc2ncc[nH]2)C1. The smallest absolute Gasteiger partial charge is 0.315 e. The molecule has 188 valence electrons. The summed E-state index contributed by atoms with van der Waals surface area (Å²) in [6, 6.07) is 0. The topological polar surface area (TPSA) is 153 Å². The summed E-state index contributed by atoms with van der Waals surface area (Å²) in [5, 5.41) is 23.3. The van der Waals surface area contributed by atoms with Gasteiger partial charge in [0.1, 0.15) is 11.6 Å². The lowest BCUT2D eigenvalue weighted by Crippen LogP contribution is -2.56. The molecule has 0 saturated carbocycles. The Labute approximate surface area is 219 Å². The van der Waals surface area contributed by atoms with Gasteiger partial charge in [-0.1, -0.05) is 0 Å².